The number of nitrogens with one attached hydrogen (secondary N) is 2. The zero-order valence-electron chi connectivity index (χ0n) is 11.5. The predicted molar refractivity (Wildman–Crippen MR) is 74.4 cm³/mol. The van der Waals surface area contributed by atoms with Crippen molar-refractivity contribution in [2.24, 2.45) is 0 Å². The minimum atomic E-state index is -0.224. The number of urea groups is 1. The van der Waals surface area contributed by atoms with Gasteiger partial charge in [-0.15, -0.1) is 0 Å². The molecule has 0 aliphatic carbocycles. The van der Waals surface area contributed by atoms with Crippen LogP contribution in [0.25, 0.3) is 0 Å². The maximum absolute atomic E-state index is 11.5. The van der Waals surface area contributed by atoms with Crippen molar-refractivity contribution in [2.75, 3.05) is 13.7 Å². The van der Waals surface area contributed by atoms with Crippen molar-refractivity contribution in [2.45, 2.75) is 32.7 Å². The first-order chi connectivity index (χ1) is 9.19. The average Bonchev–Trinajstić information content (AvgIpc) is 2.42. The van der Waals surface area contributed by atoms with Crippen molar-refractivity contribution in [3.63, 3.8) is 0 Å². The smallest absolute Gasteiger partial charge is 0.315 e. The second-order valence-corrected chi connectivity index (χ2v) is 4.28. The number of carbonyl (C=O) groups excluding carboxylic acids is 1. The molecule has 19 heavy (non-hydrogen) atoms. The highest BCUT2D eigenvalue weighted by atomic mass is 16.5. The molecule has 5 heteroatoms. The van der Waals surface area contributed by atoms with E-state index in [1.807, 2.05) is 0 Å². The second kappa shape index (κ2) is 8.24. The summed E-state index contributed by atoms with van der Waals surface area (Å²) >= 11 is 0. The number of amides is 2. The van der Waals surface area contributed by atoms with Gasteiger partial charge in [0.05, 0.1) is 7.11 Å². The lowest BCUT2D eigenvalue weighted by Crippen LogP contribution is -2.35. The van der Waals surface area contributed by atoms with Gasteiger partial charge in [0.2, 0.25) is 0 Å². The van der Waals surface area contributed by atoms with Gasteiger partial charge >= 0.3 is 6.03 Å². The Kier molecular flexibility index (Phi) is 6.57. The van der Waals surface area contributed by atoms with Crippen molar-refractivity contribution in [3.05, 3.63) is 23.8 Å². The maximum atomic E-state index is 11.5. The third-order valence-corrected chi connectivity index (χ3v) is 2.81. The monoisotopic (exact) mass is 266 g/mol. The van der Waals surface area contributed by atoms with Crippen LogP contribution in [-0.4, -0.2) is 24.8 Å². The highest BCUT2D eigenvalue weighted by Crippen LogP contribution is 2.28. The van der Waals surface area contributed by atoms with E-state index in [2.05, 4.69) is 17.6 Å². The molecule has 0 aromatic heterocycles. The summed E-state index contributed by atoms with van der Waals surface area (Å²) in [4.78, 5) is 11.5. The molecule has 0 saturated heterocycles. The molecule has 106 valence electrons. The molecule has 0 unspecified atom stereocenters. The first-order valence-electron chi connectivity index (χ1n) is 6.55. The minimum Gasteiger partial charge on any atom is -0.504 e. The fourth-order valence-electron chi connectivity index (χ4n) is 1.69. The molecule has 0 spiro atoms. The molecule has 0 radical (unpaired) electrons. The Morgan fingerprint density at radius 2 is 2.11 bits per heavy atom. The summed E-state index contributed by atoms with van der Waals surface area (Å²) in [5, 5.41) is 15.3. The quantitative estimate of drug-likeness (QED) is 0.664. The lowest BCUT2D eigenvalue weighted by atomic mass is 10.2. The van der Waals surface area contributed by atoms with Crippen LogP contribution in [0.2, 0.25) is 0 Å². The molecule has 1 rings (SSSR count). The van der Waals surface area contributed by atoms with Crippen LogP contribution in [0.1, 0.15) is 31.7 Å². The van der Waals surface area contributed by atoms with Gasteiger partial charge in [-0.25, -0.2) is 4.79 Å². The molecule has 0 aliphatic rings. The van der Waals surface area contributed by atoms with Crippen molar-refractivity contribution in [1.29, 1.82) is 0 Å². The molecule has 0 heterocycles. The van der Waals surface area contributed by atoms with Crippen molar-refractivity contribution < 1.29 is 14.6 Å². The molecular formula is C14H22N2O3. The number of ether oxygens (including phenoxy) is 1. The summed E-state index contributed by atoms with van der Waals surface area (Å²) in [6.45, 7) is 3.05. The number of unbranched alkanes of at least 4 members (excludes halogenated alkanes) is 2. The third kappa shape index (κ3) is 5.07. The van der Waals surface area contributed by atoms with E-state index in [1.165, 1.54) is 7.11 Å². The van der Waals surface area contributed by atoms with E-state index in [0.717, 1.165) is 19.3 Å². The van der Waals surface area contributed by atoms with Crippen molar-refractivity contribution in [1.82, 2.24) is 10.6 Å². The summed E-state index contributed by atoms with van der Waals surface area (Å²) in [7, 11) is 1.49. The van der Waals surface area contributed by atoms with Gasteiger partial charge in [-0.3, -0.25) is 0 Å². The minimum absolute atomic E-state index is 0.0660. The number of hydrogen-bond acceptors (Lipinski definition) is 3. The molecule has 0 fully saturated rings. The standard InChI is InChI=1S/C14H22N2O3/c1-3-4-5-9-15-14(18)16-10-11-7-6-8-12(19-2)13(11)17/h6-8,17H,3-5,9-10H2,1-2H3,(H2,15,16,18). The van der Waals surface area contributed by atoms with Crippen LogP contribution in [0, 0.1) is 0 Å². The van der Waals surface area contributed by atoms with Crippen LogP contribution in [0.3, 0.4) is 0 Å². The van der Waals surface area contributed by atoms with Gasteiger partial charge in [-0.05, 0) is 12.5 Å². The Bertz CT molecular complexity index is 408. The first kappa shape index (κ1) is 15.1. The molecule has 2 amide bonds. The largest absolute Gasteiger partial charge is 0.504 e. The van der Waals surface area contributed by atoms with E-state index in [9.17, 15) is 9.90 Å². The van der Waals surface area contributed by atoms with E-state index in [1.54, 1.807) is 18.2 Å². The van der Waals surface area contributed by atoms with Gasteiger partial charge in [0.25, 0.3) is 0 Å². The van der Waals surface area contributed by atoms with E-state index in [-0.39, 0.29) is 18.3 Å². The first-order valence-corrected chi connectivity index (χ1v) is 6.55. The van der Waals surface area contributed by atoms with Crippen LogP contribution < -0.4 is 15.4 Å². The molecule has 0 saturated carbocycles. The second-order valence-electron chi connectivity index (χ2n) is 4.28. The van der Waals surface area contributed by atoms with Gasteiger partial charge in [0.15, 0.2) is 11.5 Å². The molecule has 1 aromatic carbocycles. The van der Waals surface area contributed by atoms with Crippen LogP contribution in [0.4, 0.5) is 4.79 Å². The molecule has 0 bridgehead atoms. The molecule has 0 atom stereocenters. The fraction of sp³-hybridized carbons (Fsp3) is 0.500. The van der Waals surface area contributed by atoms with Gasteiger partial charge in [-0.1, -0.05) is 31.9 Å². The molecule has 3 N–H and O–H groups in total. The SMILES string of the molecule is CCCCCNC(=O)NCc1cccc(OC)c1O. The number of phenols is 1. The Balaban J connectivity index is 2.38. The van der Waals surface area contributed by atoms with Crippen molar-refractivity contribution >= 4 is 6.03 Å². The Labute approximate surface area is 114 Å². The number of benzene rings is 1. The average molecular weight is 266 g/mol. The van der Waals surface area contributed by atoms with Crippen molar-refractivity contribution in [3.8, 4) is 11.5 Å². The normalized spacial score (nSPS) is 10.0. The topological polar surface area (TPSA) is 70.6 Å². The molecule has 1 aromatic rings. The number of methoxy groups -OCH3 is 1. The Morgan fingerprint density at radius 1 is 1.32 bits per heavy atom. The van der Waals surface area contributed by atoms with E-state index < -0.39 is 0 Å². The number of aromatic hydroxyl groups is 1. The lowest BCUT2D eigenvalue weighted by Gasteiger charge is -2.10. The number of rotatable bonds is 7. The third-order valence-electron chi connectivity index (χ3n) is 2.81. The molecule has 5 nitrogen and oxygen atoms in total. The van der Waals surface area contributed by atoms with Gasteiger partial charge in [0, 0.05) is 18.7 Å². The van der Waals surface area contributed by atoms with Crippen LogP contribution in [-0.2, 0) is 6.54 Å². The molecule has 0 aliphatic heterocycles. The highest BCUT2D eigenvalue weighted by Gasteiger charge is 2.08. The number of carbonyl (C=O) groups is 1. The number of para-hydroxylation sites is 1. The number of hydrogen-bond donors (Lipinski definition) is 3. The summed E-state index contributed by atoms with van der Waals surface area (Å²) in [6, 6.07) is 4.96. The fourth-order valence-corrected chi connectivity index (χ4v) is 1.69. The lowest BCUT2D eigenvalue weighted by molar-refractivity contribution is 0.240. The van der Waals surface area contributed by atoms with Crippen LogP contribution >= 0.6 is 0 Å². The van der Waals surface area contributed by atoms with Crippen LogP contribution in [0.15, 0.2) is 18.2 Å². The van der Waals surface area contributed by atoms with Gasteiger partial charge in [-0.2, -0.15) is 0 Å². The molecular weight excluding hydrogens is 244 g/mol. The van der Waals surface area contributed by atoms with E-state index >= 15 is 0 Å². The van der Waals surface area contributed by atoms with E-state index in [4.69, 9.17) is 4.74 Å². The summed E-state index contributed by atoms with van der Waals surface area (Å²) in [6.07, 6.45) is 3.21. The predicted octanol–water partition coefficient (Wildman–Crippen LogP) is 2.39. The maximum Gasteiger partial charge on any atom is 0.315 e. The van der Waals surface area contributed by atoms with Gasteiger partial charge in [0.1, 0.15) is 0 Å². The van der Waals surface area contributed by atoms with Gasteiger partial charge < -0.3 is 20.5 Å². The van der Waals surface area contributed by atoms with E-state index in [0.29, 0.717) is 17.9 Å². The number of phenolic OH excluding ortho intramolecular Hbond substituents is 1. The van der Waals surface area contributed by atoms with Crippen LogP contribution in [0.5, 0.6) is 11.5 Å². The summed E-state index contributed by atoms with van der Waals surface area (Å²) < 4.78 is 5.01. The Hall–Kier alpha value is -1.91. The summed E-state index contributed by atoms with van der Waals surface area (Å²) in [5.74, 6) is 0.471. The highest BCUT2D eigenvalue weighted by molar-refractivity contribution is 5.73. The Morgan fingerprint density at radius 3 is 2.79 bits per heavy atom. The summed E-state index contributed by atoms with van der Waals surface area (Å²) in [5.41, 5.74) is 0.628. The zero-order valence-corrected chi connectivity index (χ0v) is 11.5. The zero-order chi connectivity index (χ0) is 14.1.